The lowest BCUT2D eigenvalue weighted by molar-refractivity contribution is 0.0895. The number of anilines is 2. The van der Waals surface area contributed by atoms with E-state index in [-0.39, 0.29) is 17.3 Å². The molecule has 37 heavy (non-hydrogen) atoms. The Labute approximate surface area is 217 Å². The maximum Gasteiger partial charge on any atom is 0.315 e. The summed E-state index contributed by atoms with van der Waals surface area (Å²) in [5.41, 5.74) is 5.66. The predicted octanol–water partition coefficient (Wildman–Crippen LogP) is 5.63. The Morgan fingerprint density at radius 1 is 1.00 bits per heavy atom. The van der Waals surface area contributed by atoms with Crippen molar-refractivity contribution in [1.82, 2.24) is 30.4 Å². The molecule has 3 aromatic heterocycles. The van der Waals surface area contributed by atoms with Crippen molar-refractivity contribution in [2.24, 2.45) is 0 Å². The van der Waals surface area contributed by atoms with Crippen molar-refractivity contribution in [3.8, 4) is 11.3 Å². The van der Waals surface area contributed by atoms with Gasteiger partial charge in [0.1, 0.15) is 18.0 Å². The van der Waals surface area contributed by atoms with Crippen molar-refractivity contribution in [2.45, 2.75) is 66.3 Å². The molecule has 2 N–H and O–H groups in total. The van der Waals surface area contributed by atoms with Crippen LogP contribution in [0.4, 0.5) is 11.6 Å². The second-order valence-corrected chi connectivity index (χ2v) is 10.2. The van der Waals surface area contributed by atoms with E-state index < -0.39 is 5.91 Å². The maximum atomic E-state index is 12.7. The monoisotopic (exact) mass is 499 g/mol. The van der Waals surface area contributed by atoms with Crippen LogP contribution in [-0.4, -0.2) is 31.0 Å². The maximum absolute atomic E-state index is 12.7. The summed E-state index contributed by atoms with van der Waals surface area (Å²) >= 11 is 0. The number of hydrogen-bond donors (Lipinski definition) is 2. The summed E-state index contributed by atoms with van der Waals surface area (Å²) in [5, 5.41) is 10.2. The third-order valence-corrected chi connectivity index (χ3v) is 6.13. The number of nitrogens with one attached hydrogen (secondary N) is 2. The van der Waals surface area contributed by atoms with Gasteiger partial charge in [-0.1, -0.05) is 51.1 Å². The van der Waals surface area contributed by atoms with Gasteiger partial charge in [0.2, 0.25) is 0 Å². The molecule has 4 aromatic rings. The van der Waals surface area contributed by atoms with Crippen LogP contribution in [0.5, 0.6) is 0 Å². The molecule has 0 saturated heterocycles. The molecule has 3 heterocycles. The average molecular weight is 500 g/mol. The SMILES string of the molecule is CCc1nc(Nc2cc(-c3ccc([C@@H](C)NC(=O)c4nc(C(C)(C)C)no4)c(C)c3)ncn2)ccc1C. The summed E-state index contributed by atoms with van der Waals surface area (Å²) < 4.78 is 5.17. The molecule has 9 heteroatoms. The normalized spacial score (nSPS) is 12.3. The summed E-state index contributed by atoms with van der Waals surface area (Å²) in [7, 11) is 0. The molecule has 0 aliphatic rings. The van der Waals surface area contributed by atoms with Crippen molar-refractivity contribution < 1.29 is 9.32 Å². The molecule has 0 saturated carbocycles. The van der Waals surface area contributed by atoms with E-state index in [4.69, 9.17) is 4.52 Å². The molecule has 1 atom stereocenters. The van der Waals surface area contributed by atoms with Crippen molar-refractivity contribution in [3.63, 3.8) is 0 Å². The van der Waals surface area contributed by atoms with Crippen LogP contribution < -0.4 is 10.6 Å². The lowest BCUT2D eigenvalue weighted by Crippen LogP contribution is -2.27. The molecule has 0 aliphatic carbocycles. The van der Waals surface area contributed by atoms with E-state index in [1.165, 1.54) is 11.9 Å². The highest BCUT2D eigenvalue weighted by molar-refractivity contribution is 5.89. The minimum absolute atomic E-state index is 0.0406. The summed E-state index contributed by atoms with van der Waals surface area (Å²) in [6, 6.07) is 11.7. The molecule has 0 fully saturated rings. The molecule has 0 unspecified atom stereocenters. The molecule has 0 radical (unpaired) electrons. The van der Waals surface area contributed by atoms with Crippen LogP contribution in [0.1, 0.15) is 79.6 Å². The molecular weight excluding hydrogens is 466 g/mol. The topological polar surface area (TPSA) is 119 Å². The fraction of sp³-hybridized carbons (Fsp3) is 0.357. The van der Waals surface area contributed by atoms with Gasteiger partial charge in [-0.15, -0.1) is 0 Å². The molecule has 4 rings (SSSR count). The van der Waals surface area contributed by atoms with Gasteiger partial charge >= 0.3 is 11.8 Å². The number of carbonyl (C=O) groups excluding carboxylic acids is 1. The van der Waals surface area contributed by atoms with Gasteiger partial charge < -0.3 is 15.2 Å². The van der Waals surface area contributed by atoms with Gasteiger partial charge in [0, 0.05) is 22.7 Å². The van der Waals surface area contributed by atoms with Gasteiger partial charge in [-0.2, -0.15) is 4.98 Å². The Morgan fingerprint density at radius 3 is 2.46 bits per heavy atom. The first-order valence-corrected chi connectivity index (χ1v) is 12.4. The number of hydrogen-bond acceptors (Lipinski definition) is 8. The van der Waals surface area contributed by atoms with E-state index in [2.05, 4.69) is 55.6 Å². The van der Waals surface area contributed by atoms with E-state index in [0.29, 0.717) is 11.6 Å². The summed E-state index contributed by atoms with van der Waals surface area (Å²) in [5.74, 6) is 1.47. The van der Waals surface area contributed by atoms with E-state index >= 15 is 0 Å². The minimum Gasteiger partial charge on any atom is -0.341 e. The number of nitrogens with zero attached hydrogens (tertiary/aromatic N) is 5. The zero-order chi connectivity index (χ0) is 26.7. The van der Waals surface area contributed by atoms with Gasteiger partial charge in [0.05, 0.1) is 11.7 Å². The van der Waals surface area contributed by atoms with Crippen molar-refractivity contribution >= 4 is 17.5 Å². The summed E-state index contributed by atoms with van der Waals surface area (Å²) in [4.78, 5) is 30.4. The highest BCUT2D eigenvalue weighted by Gasteiger charge is 2.25. The Bertz CT molecular complexity index is 1420. The average Bonchev–Trinajstić information content (AvgIpc) is 3.37. The van der Waals surface area contributed by atoms with Crippen LogP contribution in [0.2, 0.25) is 0 Å². The zero-order valence-electron chi connectivity index (χ0n) is 22.4. The number of rotatable bonds is 7. The summed E-state index contributed by atoms with van der Waals surface area (Å²) in [6.45, 7) is 14.0. The van der Waals surface area contributed by atoms with Crippen LogP contribution in [0, 0.1) is 13.8 Å². The first-order valence-electron chi connectivity index (χ1n) is 12.4. The van der Waals surface area contributed by atoms with Crippen LogP contribution >= 0.6 is 0 Å². The predicted molar refractivity (Wildman–Crippen MR) is 143 cm³/mol. The number of pyridine rings is 1. The van der Waals surface area contributed by atoms with Crippen LogP contribution in [0.3, 0.4) is 0 Å². The molecular formula is C28H33N7O2. The van der Waals surface area contributed by atoms with E-state index in [1.807, 2.05) is 65.0 Å². The van der Waals surface area contributed by atoms with Crippen molar-refractivity contribution in [2.75, 3.05) is 5.32 Å². The molecule has 192 valence electrons. The number of benzene rings is 1. The van der Waals surface area contributed by atoms with Gasteiger partial charge in [-0.3, -0.25) is 4.79 Å². The van der Waals surface area contributed by atoms with Gasteiger partial charge in [-0.05, 0) is 56.0 Å². The van der Waals surface area contributed by atoms with Gasteiger partial charge in [0.25, 0.3) is 0 Å². The number of aromatic nitrogens is 5. The lowest BCUT2D eigenvalue weighted by Gasteiger charge is -2.16. The van der Waals surface area contributed by atoms with Crippen LogP contribution in [0.15, 0.2) is 47.2 Å². The standard InChI is InChI=1S/C28H33N7O2/c1-8-21-16(2)9-12-23(32-21)33-24-14-22(29-15-30-24)19-10-11-20(17(3)13-19)18(4)31-25(36)26-34-27(35-37-26)28(5,6)7/h9-15,18H,8H2,1-7H3,(H,31,36)(H,29,30,32,33)/t18-/m1/s1. The Balaban J connectivity index is 1.48. The molecule has 0 aliphatic heterocycles. The van der Waals surface area contributed by atoms with Crippen molar-refractivity contribution in [3.05, 3.63) is 76.8 Å². The van der Waals surface area contributed by atoms with Gasteiger partial charge in [-0.25, -0.2) is 15.0 Å². The smallest absolute Gasteiger partial charge is 0.315 e. The highest BCUT2D eigenvalue weighted by atomic mass is 16.5. The van der Waals surface area contributed by atoms with Crippen molar-refractivity contribution in [1.29, 1.82) is 0 Å². The third-order valence-electron chi connectivity index (χ3n) is 6.13. The Morgan fingerprint density at radius 2 is 1.78 bits per heavy atom. The third kappa shape index (κ3) is 5.99. The highest BCUT2D eigenvalue weighted by Crippen LogP contribution is 2.26. The number of aryl methyl sites for hydroxylation is 3. The molecule has 0 spiro atoms. The van der Waals surface area contributed by atoms with Gasteiger partial charge in [0.15, 0.2) is 5.82 Å². The lowest BCUT2D eigenvalue weighted by atomic mass is 9.96. The first-order chi connectivity index (χ1) is 17.5. The fourth-order valence-corrected chi connectivity index (χ4v) is 3.99. The summed E-state index contributed by atoms with van der Waals surface area (Å²) in [6.07, 6.45) is 2.41. The molecule has 0 bridgehead atoms. The van der Waals surface area contributed by atoms with E-state index in [1.54, 1.807) is 0 Å². The first kappa shape index (κ1) is 25.9. The fourth-order valence-electron chi connectivity index (χ4n) is 3.99. The molecule has 9 nitrogen and oxygen atoms in total. The molecule has 1 amide bonds. The number of carbonyl (C=O) groups is 1. The second-order valence-electron chi connectivity index (χ2n) is 10.2. The Hall–Kier alpha value is -4.14. The zero-order valence-corrected chi connectivity index (χ0v) is 22.4. The van der Waals surface area contributed by atoms with Crippen LogP contribution in [-0.2, 0) is 11.8 Å². The minimum atomic E-state index is -0.401. The van der Waals surface area contributed by atoms with E-state index in [0.717, 1.165) is 40.3 Å². The second kappa shape index (κ2) is 10.5. The Kier molecular flexibility index (Phi) is 7.33. The molecule has 1 aromatic carbocycles. The number of amides is 1. The quantitative estimate of drug-likeness (QED) is 0.336. The van der Waals surface area contributed by atoms with E-state index in [9.17, 15) is 4.79 Å². The largest absolute Gasteiger partial charge is 0.341 e. The van der Waals surface area contributed by atoms with Crippen LogP contribution in [0.25, 0.3) is 11.3 Å².